The van der Waals surface area contributed by atoms with Crippen LogP contribution < -0.4 is 10.6 Å². The van der Waals surface area contributed by atoms with Crippen molar-refractivity contribution >= 4 is 0 Å². The molecule has 2 aliphatic rings. The second kappa shape index (κ2) is 11.7. The molecule has 1 aliphatic heterocycles. The van der Waals surface area contributed by atoms with Crippen molar-refractivity contribution in [2.24, 2.45) is 5.92 Å². The molecule has 0 atom stereocenters. The van der Waals surface area contributed by atoms with Crippen molar-refractivity contribution < 1.29 is 0 Å². The van der Waals surface area contributed by atoms with Gasteiger partial charge in [-0.2, -0.15) is 0 Å². The normalized spacial score (nSPS) is 21.8. The molecular weight excluding hydrogens is 234 g/mol. The molecule has 1 saturated heterocycles. The van der Waals surface area contributed by atoms with Crippen LogP contribution in [0.1, 0.15) is 51.4 Å². The Morgan fingerprint density at radius 2 is 1.47 bits per heavy atom. The first-order valence-corrected chi connectivity index (χ1v) is 8.38. The molecule has 0 amide bonds. The van der Waals surface area contributed by atoms with Gasteiger partial charge in [-0.3, -0.25) is 0 Å². The van der Waals surface area contributed by atoms with Crippen molar-refractivity contribution in [2.45, 2.75) is 51.4 Å². The smallest absolute Gasteiger partial charge is 0.0107 e. The first kappa shape index (κ1) is 16.9. The summed E-state index contributed by atoms with van der Waals surface area (Å²) < 4.78 is 0. The first-order chi connectivity index (χ1) is 9.36. The number of hydrogen-bond donors (Lipinski definition) is 2. The van der Waals surface area contributed by atoms with Crippen molar-refractivity contribution in [1.82, 2.24) is 15.5 Å². The van der Waals surface area contributed by atoms with Crippen molar-refractivity contribution in [3.05, 3.63) is 0 Å². The Morgan fingerprint density at radius 1 is 0.842 bits per heavy atom. The fraction of sp³-hybridized carbons (Fsp3) is 1.00. The Hall–Kier alpha value is -0.120. The molecule has 1 heterocycles. The van der Waals surface area contributed by atoms with E-state index in [4.69, 9.17) is 0 Å². The second-order valence-electron chi connectivity index (χ2n) is 6.07. The zero-order chi connectivity index (χ0) is 13.8. The van der Waals surface area contributed by atoms with Gasteiger partial charge >= 0.3 is 0 Å². The summed E-state index contributed by atoms with van der Waals surface area (Å²) in [4.78, 5) is 2.54. The Labute approximate surface area is 120 Å². The Balaban J connectivity index is 0.000000191. The lowest BCUT2D eigenvalue weighted by molar-refractivity contribution is 0.231. The van der Waals surface area contributed by atoms with Gasteiger partial charge in [0.25, 0.3) is 0 Å². The van der Waals surface area contributed by atoms with Crippen LogP contribution in [0.5, 0.6) is 0 Å². The van der Waals surface area contributed by atoms with E-state index >= 15 is 0 Å². The average Bonchev–Trinajstić information content (AvgIpc) is 2.48. The largest absolute Gasteiger partial charge is 0.319 e. The molecule has 1 aliphatic carbocycles. The SMILES string of the molecule is CNCC1CCCCC1.CNCCN1CCCCC1. The third kappa shape index (κ3) is 8.61. The number of piperidine rings is 1. The van der Waals surface area contributed by atoms with Crippen molar-refractivity contribution in [2.75, 3.05) is 46.8 Å². The maximum atomic E-state index is 3.24. The molecule has 0 aromatic rings. The van der Waals surface area contributed by atoms with E-state index in [2.05, 4.69) is 22.6 Å². The summed E-state index contributed by atoms with van der Waals surface area (Å²) in [7, 11) is 4.07. The molecule has 0 bridgehead atoms. The van der Waals surface area contributed by atoms with Gasteiger partial charge in [0, 0.05) is 13.1 Å². The van der Waals surface area contributed by atoms with Crippen LogP contribution in [0, 0.1) is 5.92 Å². The standard InChI is InChI=1S/C8H18N2.C8H17N/c1-9-5-8-10-6-3-2-4-7-10;1-9-7-8-5-3-2-4-6-8/h9H,2-8H2,1H3;8-9H,2-7H2,1H3. The molecule has 0 aromatic heterocycles. The number of rotatable bonds is 5. The first-order valence-electron chi connectivity index (χ1n) is 8.38. The van der Waals surface area contributed by atoms with E-state index in [1.165, 1.54) is 77.5 Å². The molecule has 0 radical (unpaired) electrons. The minimum atomic E-state index is 0.990. The zero-order valence-corrected chi connectivity index (χ0v) is 13.2. The van der Waals surface area contributed by atoms with E-state index in [1.54, 1.807) is 0 Å². The van der Waals surface area contributed by atoms with Gasteiger partial charge in [-0.25, -0.2) is 0 Å². The lowest BCUT2D eigenvalue weighted by Gasteiger charge is -2.25. The van der Waals surface area contributed by atoms with Crippen molar-refractivity contribution in [1.29, 1.82) is 0 Å². The Kier molecular flexibility index (Phi) is 10.4. The van der Waals surface area contributed by atoms with Crippen LogP contribution in [0.25, 0.3) is 0 Å². The van der Waals surface area contributed by atoms with Gasteiger partial charge in [0.05, 0.1) is 0 Å². The molecule has 2 rings (SSSR count). The van der Waals surface area contributed by atoms with E-state index in [1.807, 2.05) is 7.05 Å². The summed E-state index contributed by atoms with van der Waals surface area (Å²) in [5.74, 6) is 0.990. The van der Waals surface area contributed by atoms with Crippen LogP contribution in [0.4, 0.5) is 0 Å². The summed E-state index contributed by atoms with van der Waals surface area (Å²) in [6.45, 7) is 6.25. The molecule has 114 valence electrons. The van der Waals surface area contributed by atoms with Crippen LogP contribution in [0.15, 0.2) is 0 Å². The molecule has 19 heavy (non-hydrogen) atoms. The van der Waals surface area contributed by atoms with E-state index in [-0.39, 0.29) is 0 Å². The maximum absolute atomic E-state index is 3.24. The van der Waals surface area contributed by atoms with Gasteiger partial charge in [-0.15, -0.1) is 0 Å². The van der Waals surface area contributed by atoms with E-state index in [0.717, 1.165) is 12.5 Å². The predicted octanol–water partition coefficient (Wildman–Crippen LogP) is 2.48. The fourth-order valence-electron chi connectivity index (χ4n) is 3.13. The van der Waals surface area contributed by atoms with Gasteiger partial charge in [-0.1, -0.05) is 25.7 Å². The second-order valence-corrected chi connectivity index (χ2v) is 6.07. The van der Waals surface area contributed by atoms with Crippen molar-refractivity contribution in [3.63, 3.8) is 0 Å². The average molecular weight is 269 g/mol. The molecule has 3 nitrogen and oxygen atoms in total. The topological polar surface area (TPSA) is 27.3 Å². The molecule has 1 saturated carbocycles. The van der Waals surface area contributed by atoms with Gasteiger partial charge in [0.1, 0.15) is 0 Å². The summed E-state index contributed by atoms with van der Waals surface area (Å²) in [6.07, 6.45) is 11.6. The molecular formula is C16H35N3. The molecule has 2 fully saturated rings. The lowest BCUT2D eigenvalue weighted by atomic mass is 9.89. The highest BCUT2D eigenvalue weighted by Crippen LogP contribution is 2.22. The molecule has 0 spiro atoms. The van der Waals surface area contributed by atoms with Crippen LogP contribution in [-0.4, -0.2) is 51.7 Å². The maximum Gasteiger partial charge on any atom is 0.0107 e. The van der Waals surface area contributed by atoms with Gasteiger partial charge in [-0.05, 0) is 65.3 Å². The zero-order valence-electron chi connectivity index (χ0n) is 13.2. The lowest BCUT2D eigenvalue weighted by Crippen LogP contribution is -2.34. The third-order valence-electron chi connectivity index (χ3n) is 4.34. The van der Waals surface area contributed by atoms with Gasteiger partial charge in [0.15, 0.2) is 0 Å². The number of likely N-dealkylation sites (tertiary alicyclic amines) is 1. The van der Waals surface area contributed by atoms with Crippen molar-refractivity contribution in [3.8, 4) is 0 Å². The number of likely N-dealkylation sites (N-methyl/N-ethyl adjacent to an activating group) is 1. The van der Waals surface area contributed by atoms with E-state index in [9.17, 15) is 0 Å². The van der Waals surface area contributed by atoms with E-state index < -0.39 is 0 Å². The molecule has 0 aromatic carbocycles. The summed E-state index contributed by atoms with van der Waals surface area (Å²) >= 11 is 0. The Bertz CT molecular complexity index is 182. The molecule has 2 N–H and O–H groups in total. The molecule has 0 unspecified atom stereocenters. The monoisotopic (exact) mass is 269 g/mol. The Morgan fingerprint density at radius 3 is 2.05 bits per heavy atom. The molecule has 3 heteroatoms. The fourth-order valence-corrected chi connectivity index (χ4v) is 3.13. The summed E-state index contributed by atoms with van der Waals surface area (Å²) in [6, 6.07) is 0. The highest BCUT2D eigenvalue weighted by atomic mass is 15.1. The minimum absolute atomic E-state index is 0.990. The van der Waals surface area contributed by atoms with Crippen LogP contribution >= 0.6 is 0 Å². The van der Waals surface area contributed by atoms with Crippen LogP contribution in [0.2, 0.25) is 0 Å². The summed E-state index contributed by atoms with van der Waals surface area (Å²) in [5.41, 5.74) is 0. The minimum Gasteiger partial charge on any atom is -0.319 e. The third-order valence-corrected chi connectivity index (χ3v) is 4.34. The highest BCUT2D eigenvalue weighted by Gasteiger charge is 2.11. The number of hydrogen-bond acceptors (Lipinski definition) is 3. The quantitative estimate of drug-likeness (QED) is 0.803. The van der Waals surface area contributed by atoms with Crippen LogP contribution in [0.3, 0.4) is 0 Å². The predicted molar refractivity (Wildman–Crippen MR) is 84.7 cm³/mol. The number of nitrogens with one attached hydrogen (secondary N) is 2. The van der Waals surface area contributed by atoms with Crippen LogP contribution in [-0.2, 0) is 0 Å². The van der Waals surface area contributed by atoms with Gasteiger partial charge < -0.3 is 15.5 Å². The summed E-state index contributed by atoms with van der Waals surface area (Å²) in [5, 5.41) is 6.41. The van der Waals surface area contributed by atoms with Gasteiger partial charge in [0.2, 0.25) is 0 Å². The highest BCUT2D eigenvalue weighted by molar-refractivity contribution is 4.66. The van der Waals surface area contributed by atoms with E-state index in [0.29, 0.717) is 0 Å². The number of nitrogens with zero attached hydrogens (tertiary/aromatic N) is 1.